The summed E-state index contributed by atoms with van der Waals surface area (Å²) in [6, 6.07) is 13.9. The van der Waals surface area contributed by atoms with Crippen molar-refractivity contribution in [3.05, 3.63) is 71.2 Å². The highest BCUT2D eigenvalue weighted by Gasteiger charge is 2.19. The van der Waals surface area contributed by atoms with Gasteiger partial charge in [-0.15, -0.1) is 0 Å². The molecule has 5 heteroatoms. The molecule has 4 nitrogen and oxygen atoms in total. The molecular weight excluding hydrogens is 329 g/mol. The second-order valence-electron chi connectivity index (χ2n) is 6.75. The number of aryl methyl sites for hydroxylation is 2. The minimum absolute atomic E-state index is 0.0127. The molecule has 3 rings (SSSR count). The van der Waals surface area contributed by atoms with Gasteiger partial charge in [0.2, 0.25) is 0 Å². The highest BCUT2D eigenvalue weighted by atomic mass is 19.1. The van der Waals surface area contributed by atoms with E-state index in [-0.39, 0.29) is 17.8 Å². The van der Waals surface area contributed by atoms with Gasteiger partial charge in [-0.05, 0) is 75.2 Å². The molecule has 2 aromatic carbocycles. The Morgan fingerprint density at radius 2 is 1.77 bits per heavy atom. The van der Waals surface area contributed by atoms with Crippen molar-refractivity contribution >= 4 is 5.91 Å². The number of hydrogen-bond acceptors (Lipinski definition) is 2. The first-order valence-corrected chi connectivity index (χ1v) is 8.59. The highest BCUT2D eigenvalue weighted by Crippen LogP contribution is 2.24. The summed E-state index contributed by atoms with van der Waals surface area (Å²) in [7, 11) is 0. The summed E-state index contributed by atoms with van der Waals surface area (Å²) in [4.78, 5) is 12.7. The highest BCUT2D eigenvalue weighted by molar-refractivity contribution is 5.94. The zero-order valence-corrected chi connectivity index (χ0v) is 15.4. The van der Waals surface area contributed by atoms with Gasteiger partial charge < -0.3 is 5.32 Å². The lowest BCUT2D eigenvalue weighted by Crippen LogP contribution is -2.31. The molecule has 0 saturated carbocycles. The van der Waals surface area contributed by atoms with Crippen molar-refractivity contribution in [1.29, 1.82) is 0 Å². The van der Waals surface area contributed by atoms with Gasteiger partial charge in [-0.2, -0.15) is 5.10 Å². The van der Waals surface area contributed by atoms with Crippen LogP contribution in [0.15, 0.2) is 48.5 Å². The number of nitrogens with zero attached hydrogens (tertiary/aromatic N) is 2. The van der Waals surface area contributed by atoms with Gasteiger partial charge in [0.1, 0.15) is 11.5 Å². The molecule has 1 heterocycles. The van der Waals surface area contributed by atoms with Crippen molar-refractivity contribution in [2.45, 2.75) is 33.7 Å². The Balaban J connectivity index is 2.16. The van der Waals surface area contributed by atoms with Crippen molar-refractivity contribution in [3.63, 3.8) is 0 Å². The minimum atomic E-state index is -0.305. The van der Waals surface area contributed by atoms with Crippen LogP contribution in [0.1, 0.15) is 35.5 Å². The molecule has 0 radical (unpaired) electrons. The second kappa shape index (κ2) is 7.12. The quantitative estimate of drug-likeness (QED) is 0.756. The average molecular weight is 351 g/mol. The lowest BCUT2D eigenvalue weighted by molar-refractivity contribution is 0.0935. The molecule has 0 saturated heterocycles. The third-order valence-corrected chi connectivity index (χ3v) is 4.09. The Kier molecular flexibility index (Phi) is 4.89. The fourth-order valence-corrected chi connectivity index (χ4v) is 2.77. The van der Waals surface area contributed by atoms with E-state index in [4.69, 9.17) is 0 Å². The van der Waals surface area contributed by atoms with Gasteiger partial charge in [0.25, 0.3) is 5.91 Å². The average Bonchev–Trinajstić information content (AvgIpc) is 3.02. The number of rotatable bonds is 4. The number of carbonyl (C=O) groups excluding carboxylic acids is 1. The Morgan fingerprint density at radius 3 is 2.42 bits per heavy atom. The molecule has 1 aromatic heterocycles. The van der Waals surface area contributed by atoms with Crippen LogP contribution in [0, 0.1) is 19.7 Å². The predicted molar refractivity (Wildman–Crippen MR) is 101 cm³/mol. The molecular formula is C21H22FN3O. The van der Waals surface area contributed by atoms with Gasteiger partial charge in [0.15, 0.2) is 0 Å². The van der Waals surface area contributed by atoms with Crippen LogP contribution in [0.5, 0.6) is 0 Å². The topological polar surface area (TPSA) is 46.9 Å². The summed E-state index contributed by atoms with van der Waals surface area (Å²) in [5, 5.41) is 7.56. The maximum atomic E-state index is 13.2. The number of nitrogens with one attached hydrogen (secondary N) is 1. The van der Waals surface area contributed by atoms with E-state index in [0.29, 0.717) is 11.4 Å². The van der Waals surface area contributed by atoms with E-state index in [1.54, 1.807) is 22.9 Å². The summed E-state index contributed by atoms with van der Waals surface area (Å²) < 4.78 is 14.9. The third-order valence-electron chi connectivity index (χ3n) is 4.09. The van der Waals surface area contributed by atoms with Crippen LogP contribution in [-0.2, 0) is 0 Å². The number of amides is 1. The first kappa shape index (κ1) is 17.9. The van der Waals surface area contributed by atoms with Crippen molar-refractivity contribution in [2.24, 2.45) is 0 Å². The predicted octanol–water partition coefficient (Wildman–Crippen LogP) is 4.43. The van der Waals surface area contributed by atoms with Crippen LogP contribution < -0.4 is 5.32 Å². The Hall–Kier alpha value is -2.95. The van der Waals surface area contributed by atoms with Crippen LogP contribution in [0.25, 0.3) is 16.9 Å². The number of halogens is 1. The van der Waals surface area contributed by atoms with Crippen LogP contribution in [0.3, 0.4) is 0 Å². The van der Waals surface area contributed by atoms with Crippen molar-refractivity contribution in [1.82, 2.24) is 15.1 Å². The zero-order valence-electron chi connectivity index (χ0n) is 15.4. The van der Waals surface area contributed by atoms with Crippen LogP contribution in [0.2, 0.25) is 0 Å². The van der Waals surface area contributed by atoms with Gasteiger partial charge in [0.05, 0.1) is 11.4 Å². The molecule has 0 aliphatic carbocycles. The molecule has 0 unspecified atom stereocenters. The minimum Gasteiger partial charge on any atom is -0.349 e. The van der Waals surface area contributed by atoms with Crippen molar-refractivity contribution < 1.29 is 9.18 Å². The summed E-state index contributed by atoms with van der Waals surface area (Å²) in [6.45, 7) is 7.81. The first-order valence-electron chi connectivity index (χ1n) is 8.59. The fourth-order valence-electron chi connectivity index (χ4n) is 2.77. The lowest BCUT2D eigenvalue weighted by Gasteiger charge is -2.12. The third kappa shape index (κ3) is 3.67. The standard InChI is InChI=1S/C21H22FN3O/c1-13(2)23-21(26)20-12-18(16-7-9-17(22)10-8-16)24-25(20)19-11-14(3)5-6-15(19)4/h5-13H,1-4H3,(H,23,26). The van der Waals surface area contributed by atoms with Crippen LogP contribution in [-0.4, -0.2) is 21.7 Å². The SMILES string of the molecule is Cc1ccc(C)c(-n2nc(-c3ccc(F)cc3)cc2C(=O)NC(C)C)c1. The maximum absolute atomic E-state index is 13.2. The van der Waals surface area contributed by atoms with Gasteiger partial charge in [-0.25, -0.2) is 9.07 Å². The number of aromatic nitrogens is 2. The maximum Gasteiger partial charge on any atom is 0.270 e. The van der Waals surface area contributed by atoms with E-state index < -0.39 is 0 Å². The summed E-state index contributed by atoms with van der Waals surface area (Å²) in [6.07, 6.45) is 0. The largest absolute Gasteiger partial charge is 0.349 e. The molecule has 0 aliphatic heterocycles. The summed E-state index contributed by atoms with van der Waals surface area (Å²) in [5.74, 6) is -0.498. The zero-order chi connectivity index (χ0) is 18.8. The number of hydrogen-bond donors (Lipinski definition) is 1. The molecule has 1 amide bonds. The molecule has 0 fully saturated rings. The van der Waals surface area contributed by atoms with E-state index in [1.807, 2.05) is 45.9 Å². The smallest absolute Gasteiger partial charge is 0.270 e. The number of benzene rings is 2. The molecule has 0 atom stereocenters. The molecule has 0 spiro atoms. The van der Waals surface area contributed by atoms with Crippen LogP contribution >= 0.6 is 0 Å². The van der Waals surface area contributed by atoms with Crippen molar-refractivity contribution in [3.8, 4) is 16.9 Å². The Morgan fingerprint density at radius 1 is 1.08 bits per heavy atom. The van der Waals surface area contributed by atoms with E-state index >= 15 is 0 Å². The molecule has 0 aliphatic rings. The number of carbonyl (C=O) groups is 1. The Labute approximate surface area is 152 Å². The van der Waals surface area contributed by atoms with Gasteiger partial charge in [-0.1, -0.05) is 12.1 Å². The van der Waals surface area contributed by atoms with Crippen molar-refractivity contribution in [2.75, 3.05) is 0 Å². The molecule has 3 aromatic rings. The summed E-state index contributed by atoms with van der Waals surface area (Å²) in [5.41, 5.74) is 4.79. The Bertz CT molecular complexity index is 942. The summed E-state index contributed by atoms with van der Waals surface area (Å²) >= 11 is 0. The monoisotopic (exact) mass is 351 g/mol. The molecule has 134 valence electrons. The van der Waals surface area contributed by atoms with Gasteiger partial charge in [0, 0.05) is 11.6 Å². The second-order valence-corrected chi connectivity index (χ2v) is 6.75. The van der Waals surface area contributed by atoms with E-state index in [1.165, 1.54) is 12.1 Å². The van der Waals surface area contributed by atoms with Gasteiger partial charge >= 0.3 is 0 Å². The van der Waals surface area contributed by atoms with E-state index in [2.05, 4.69) is 10.4 Å². The normalized spacial score (nSPS) is 11.0. The lowest BCUT2D eigenvalue weighted by atomic mass is 10.1. The van der Waals surface area contributed by atoms with Crippen LogP contribution in [0.4, 0.5) is 4.39 Å². The molecule has 1 N–H and O–H groups in total. The van der Waals surface area contributed by atoms with E-state index in [0.717, 1.165) is 22.4 Å². The van der Waals surface area contributed by atoms with Gasteiger partial charge in [-0.3, -0.25) is 4.79 Å². The molecule has 0 bridgehead atoms. The first-order chi connectivity index (χ1) is 12.3. The molecule has 26 heavy (non-hydrogen) atoms. The fraction of sp³-hybridized carbons (Fsp3) is 0.238. The van der Waals surface area contributed by atoms with E-state index in [9.17, 15) is 9.18 Å².